The van der Waals surface area contributed by atoms with Crippen molar-refractivity contribution in [2.45, 2.75) is 38.6 Å². The van der Waals surface area contributed by atoms with Gasteiger partial charge in [-0.1, -0.05) is 19.1 Å². The molecule has 0 aromatic heterocycles. The van der Waals surface area contributed by atoms with E-state index < -0.39 is 0 Å². The van der Waals surface area contributed by atoms with E-state index in [0.717, 1.165) is 31.4 Å². The average molecular weight is 293 g/mol. The van der Waals surface area contributed by atoms with E-state index in [2.05, 4.69) is 6.92 Å². The molecule has 1 fully saturated rings. The first-order chi connectivity index (χ1) is 10.1. The van der Waals surface area contributed by atoms with Crippen LogP contribution in [0.4, 0.5) is 4.39 Å². The Hall–Kier alpha value is -1.42. The minimum atomic E-state index is -0.237. The van der Waals surface area contributed by atoms with Crippen LogP contribution in [0, 0.1) is 11.7 Å². The largest absolute Gasteiger partial charge is 0.385 e. The van der Waals surface area contributed by atoms with Crippen molar-refractivity contribution in [1.82, 2.24) is 4.90 Å². The number of carbonyl (C=O) groups excluding carboxylic acids is 1. The standard InChI is InChI=1S/C17H24FNO2/c1-13-9-10-19(16(20)8-3-4-11-21-2)17(13)14-6-5-7-15(18)12-14/h5-7,12-13,17H,3-4,8-11H2,1-2H3/t13-,17-/m0/s1. The Kier molecular flexibility index (Phi) is 5.74. The summed E-state index contributed by atoms with van der Waals surface area (Å²) in [6.45, 7) is 3.59. The summed E-state index contributed by atoms with van der Waals surface area (Å²) in [7, 11) is 1.67. The number of amides is 1. The Balaban J connectivity index is 2.02. The molecule has 3 nitrogen and oxygen atoms in total. The SMILES string of the molecule is COCCCCC(=O)N1CC[C@H](C)[C@H]1c1cccc(F)c1. The van der Waals surface area contributed by atoms with Crippen molar-refractivity contribution in [3.05, 3.63) is 35.6 Å². The summed E-state index contributed by atoms with van der Waals surface area (Å²) in [6, 6.07) is 6.64. The van der Waals surface area contributed by atoms with E-state index in [1.165, 1.54) is 6.07 Å². The number of hydrogen-bond donors (Lipinski definition) is 0. The molecule has 2 rings (SSSR count). The molecule has 4 heteroatoms. The van der Waals surface area contributed by atoms with E-state index in [1.807, 2.05) is 11.0 Å². The van der Waals surface area contributed by atoms with Crippen LogP contribution >= 0.6 is 0 Å². The third kappa shape index (κ3) is 4.03. The van der Waals surface area contributed by atoms with Gasteiger partial charge in [-0.05, 0) is 42.9 Å². The van der Waals surface area contributed by atoms with Gasteiger partial charge < -0.3 is 9.64 Å². The molecule has 1 aromatic carbocycles. The maximum absolute atomic E-state index is 13.4. The van der Waals surface area contributed by atoms with E-state index in [9.17, 15) is 9.18 Å². The number of nitrogens with zero attached hydrogens (tertiary/aromatic N) is 1. The van der Waals surface area contributed by atoms with E-state index in [-0.39, 0.29) is 17.8 Å². The molecule has 1 heterocycles. The van der Waals surface area contributed by atoms with Crippen LogP contribution in [-0.4, -0.2) is 31.1 Å². The van der Waals surface area contributed by atoms with E-state index in [1.54, 1.807) is 19.2 Å². The van der Waals surface area contributed by atoms with Crippen molar-refractivity contribution in [3.8, 4) is 0 Å². The van der Waals surface area contributed by atoms with Gasteiger partial charge in [-0.3, -0.25) is 4.79 Å². The fourth-order valence-electron chi connectivity index (χ4n) is 3.09. The molecular formula is C17H24FNO2. The number of ether oxygens (including phenoxy) is 1. The van der Waals surface area contributed by atoms with E-state index in [4.69, 9.17) is 4.74 Å². The number of halogens is 1. The van der Waals surface area contributed by atoms with Crippen molar-refractivity contribution in [3.63, 3.8) is 0 Å². The second kappa shape index (κ2) is 7.55. The van der Waals surface area contributed by atoms with Gasteiger partial charge in [0.05, 0.1) is 6.04 Å². The molecule has 0 saturated carbocycles. The topological polar surface area (TPSA) is 29.5 Å². The Morgan fingerprint density at radius 1 is 1.43 bits per heavy atom. The predicted octanol–water partition coefficient (Wildman–Crippen LogP) is 3.55. The van der Waals surface area contributed by atoms with Gasteiger partial charge in [0.15, 0.2) is 0 Å². The zero-order valence-corrected chi connectivity index (χ0v) is 12.8. The molecule has 1 aromatic rings. The molecule has 21 heavy (non-hydrogen) atoms. The number of unbranched alkanes of at least 4 members (excludes halogenated alkanes) is 1. The van der Waals surface area contributed by atoms with Crippen LogP contribution < -0.4 is 0 Å². The van der Waals surface area contributed by atoms with Gasteiger partial charge in [0.2, 0.25) is 5.91 Å². The van der Waals surface area contributed by atoms with Crippen LogP contribution in [0.1, 0.15) is 44.2 Å². The number of hydrogen-bond acceptors (Lipinski definition) is 2. The first-order valence-corrected chi connectivity index (χ1v) is 7.67. The third-order valence-corrected chi connectivity index (χ3v) is 4.20. The van der Waals surface area contributed by atoms with Crippen molar-refractivity contribution in [2.75, 3.05) is 20.3 Å². The highest BCUT2D eigenvalue weighted by Gasteiger charge is 2.35. The number of benzene rings is 1. The maximum Gasteiger partial charge on any atom is 0.223 e. The molecule has 2 atom stereocenters. The second-order valence-electron chi connectivity index (χ2n) is 5.80. The lowest BCUT2D eigenvalue weighted by Crippen LogP contribution is -2.31. The van der Waals surface area contributed by atoms with Crippen LogP contribution in [0.5, 0.6) is 0 Å². The summed E-state index contributed by atoms with van der Waals surface area (Å²) in [5, 5.41) is 0. The third-order valence-electron chi connectivity index (χ3n) is 4.20. The van der Waals surface area contributed by atoms with Crippen LogP contribution in [-0.2, 0) is 9.53 Å². The minimum Gasteiger partial charge on any atom is -0.385 e. The summed E-state index contributed by atoms with van der Waals surface area (Å²) in [5.74, 6) is 0.304. The Labute approximate surface area is 126 Å². The van der Waals surface area contributed by atoms with Crippen molar-refractivity contribution in [2.24, 2.45) is 5.92 Å². The predicted molar refractivity (Wildman–Crippen MR) is 80.4 cm³/mol. The number of rotatable bonds is 6. The highest BCUT2D eigenvalue weighted by Crippen LogP contribution is 2.37. The summed E-state index contributed by atoms with van der Waals surface area (Å²) in [5.41, 5.74) is 0.908. The zero-order chi connectivity index (χ0) is 15.2. The highest BCUT2D eigenvalue weighted by molar-refractivity contribution is 5.77. The second-order valence-corrected chi connectivity index (χ2v) is 5.80. The molecule has 0 unspecified atom stereocenters. The van der Waals surface area contributed by atoms with Crippen molar-refractivity contribution < 1.29 is 13.9 Å². The lowest BCUT2D eigenvalue weighted by atomic mass is 9.95. The molecule has 1 saturated heterocycles. The minimum absolute atomic E-state index is 0.00984. The van der Waals surface area contributed by atoms with Crippen LogP contribution in [0.3, 0.4) is 0 Å². The molecule has 0 N–H and O–H groups in total. The van der Waals surface area contributed by atoms with Crippen LogP contribution in [0.2, 0.25) is 0 Å². The zero-order valence-electron chi connectivity index (χ0n) is 12.8. The molecule has 0 bridgehead atoms. The Morgan fingerprint density at radius 3 is 2.95 bits per heavy atom. The van der Waals surface area contributed by atoms with Crippen molar-refractivity contribution in [1.29, 1.82) is 0 Å². The van der Waals surface area contributed by atoms with Gasteiger partial charge in [0.1, 0.15) is 5.82 Å². The van der Waals surface area contributed by atoms with Gasteiger partial charge >= 0.3 is 0 Å². The highest BCUT2D eigenvalue weighted by atomic mass is 19.1. The molecule has 0 radical (unpaired) electrons. The summed E-state index contributed by atoms with van der Waals surface area (Å²) >= 11 is 0. The molecule has 116 valence electrons. The summed E-state index contributed by atoms with van der Waals surface area (Å²) in [6.07, 6.45) is 3.26. The van der Waals surface area contributed by atoms with Crippen LogP contribution in [0.15, 0.2) is 24.3 Å². The average Bonchev–Trinajstić information content (AvgIpc) is 2.85. The summed E-state index contributed by atoms with van der Waals surface area (Å²) < 4.78 is 18.4. The lowest BCUT2D eigenvalue weighted by Gasteiger charge is -2.27. The molecule has 1 aliphatic rings. The quantitative estimate of drug-likeness (QED) is 0.751. The van der Waals surface area contributed by atoms with Crippen molar-refractivity contribution >= 4 is 5.91 Å². The number of likely N-dealkylation sites (tertiary alicyclic amines) is 1. The fraction of sp³-hybridized carbons (Fsp3) is 0.588. The maximum atomic E-state index is 13.4. The molecular weight excluding hydrogens is 269 g/mol. The Bertz CT molecular complexity index is 478. The first kappa shape index (κ1) is 16.0. The first-order valence-electron chi connectivity index (χ1n) is 7.67. The van der Waals surface area contributed by atoms with Gasteiger partial charge in [-0.2, -0.15) is 0 Å². The summed E-state index contributed by atoms with van der Waals surface area (Å²) in [4.78, 5) is 14.3. The van der Waals surface area contributed by atoms with Gasteiger partial charge in [-0.25, -0.2) is 4.39 Å². The van der Waals surface area contributed by atoms with Gasteiger partial charge in [0, 0.05) is 26.7 Å². The molecule has 1 aliphatic heterocycles. The molecule has 0 aliphatic carbocycles. The molecule has 0 spiro atoms. The molecule has 1 amide bonds. The van der Waals surface area contributed by atoms with Crippen LogP contribution in [0.25, 0.3) is 0 Å². The van der Waals surface area contributed by atoms with Gasteiger partial charge in [-0.15, -0.1) is 0 Å². The fourth-order valence-corrected chi connectivity index (χ4v) is 3.09. The van der Waals surface area contributed by atoms with E-state index >= 15 is 0 Å². The smallest absolute Gasteiger partial charge is 0.223 e. The normalized spacial score (nSPS) is 21.8. The Morgan fingerprint density at radius 2 is 2.24 bits per heavy atom. The number of carbonyl (C=O) groups is 1. The number of methoxy groups -OCH3 is 1. The van der Waals surface area contributed by atoms with Gasteiger partial charge in [0.25, 0.3) is 0 Å². The lowest BCUT2D eigenvalue weighted by molar-refractivity contribution is -0.132. The monoisotopic (exact) mass is 293 g/mol. The van der Waals surface area contributed by atoms with E-state index in [0.29, 0.717) is 18.9 Å².